The molecule has 0 aliphatic carbocycles. The summed E-state index contributed by atoms with van der Waals surface area (Å²) in [5.41, 5.74) is 5.29. The fourth-order valence-corrected chi connectivity index (χ4v) is 12.8. The first-order valence-electron chi connectivity index (χ1n) is 22.4. The Morgan fingerprint density at radius 3 is 1.32 bits per heavy atom. The molecule has 0 spiro atoms. The molecule has 0 atom stereocenters. The molecule has 2 amide bonds. The summed E-state index contributed by atoms with van der Waals surface area (Å²) in [6.45, 7) is 12.8. The van der Waals surface area contributed by atoms with Gasteiger partial charge in [-0.25, -0.2) is 19.6 Å². The number of unbranched alkanes of at least 4 members (excludes halogenated alkanes) is 2. The number of hydrogen-bond acceptors (Lipinski definition) is 12. The third kappa shape index (κ3) is 10.9. The smallest absolute Gasteiger partial charge is 0.347 e. The molecule has 1 saturated heterocycles. The number of ether oxygens (including phenoxy) is 4. The Labute approximate surface area is 414 Å². The lowest BCUT2D eigenvalue weighted by Gasteiger charge is -2.27. The Balaban J connectivity index is 1.26. The van der Waals surface area contributed by atoms with E-state index in [1.807, 2.05) is 123 Å². The minimum absolute atomic E-state index is 0.0491. The highest BCUT2D eigenvalue weighted by Crippen LogP contribution is 2.69. The first-order valence-corrected chi connectivity index (χ1v) is 25.7. The Hall–Kier alpha value is -6.06. The second-order valence-corrected chi connectivity index (χ2v) is 20.5. The summed E-state index contributed by atoms with van der Waals surface area (Å²) in [5, 5.41) is 3.05. The lowest BCUT2D eigenvalue weighted by atomic mass is 10.1. The molecule has 0 unspecified atom stereocenters. The van der Waals surface area contributed by atoms with Crippen LogP contribution in [-0.2, 0) is 55.0 Å². The minimum Gasteiger partial charge on any atom is -0.486 e. The fourth-order valence-electron chi connectivity index (χ4n) is 7.26. The number of hydrazine groups is 1. The van der Waals surface area contributed by atoms with Crippen molar-refractivity contribution in [1.29, 1.82) is 0 Å². The largest absolute Gasteiger partial charge is 0.486 e. The van der Waals surface area contributed by atoms with Gasteiger partial charge in [0.2, 0.25) is 0 Å². The molecule has 5 aromatic carbocycles. The maximum absolute atomic E-state index is 14.8. The van der Waals surface area contributed by atoms with Gasteiger partial charge >= 0.3 is 11.9 Å². The Kier molecular flexibility index (Phi) is 16.2. The van der Waals surface area contributed by atoms with E-state index in [2.05, 4.69) is 13.2 Å². The standard InChI is InChI=1S/C54H50N2O8S4/c1-5-9-29-61-51(59)42(52(60)62-30-10-6-2)54-67-47-43(63-33-39-25-21-35(7-3)22-26-39)45-46(44(48(47)68-54)64-34-40-27-23-36(8-4)24-28-40)66-53(65-45)41-49(57)55(31-37-17-13-11-14-18-37)56(50(41)58)32-38-19-15-12-16-20-38/h7-8,11-28H,3-6,9-10,29-34H2,1-2H3. The molecule has 8 rings (SSSR count). The average molecular weight is 983 g/mol. The van der Waals surface area contributed by atoms with E-state index in [4.69, 9.17) is 18.9 Å². The van der Waals surface area contributed by atoms with Crippen LogP contribution in [0.2, 0.25) is 0 Å². The van der Waals surface area contributed by atoms with Crippen LogP contribution < -0.4 is 9.47 Å². The molecule has 5 aromatic rings. The van der Waals surface area contributed by atoms with Crippen LogP contribution in [0, 0.1) is 0 Å². The third-order valence-electron chi connectivity index (χ3n) is 11.0. The molecule has 3 heterocycles. The summed E-state index contributed by atoms with van der Waals surface area (Å²) >= 11 is 4.98. The molecule has 0 radical (unpaired) electrons. The Morgan fingerprint density at radius 1 is 0.544 bits per heavy atom. The summed E-state index contributed by atoms with van der Waals surface area (Å²) in [6.07, 6.45) is 6.41. The zero-order chi connectivity index (χ0) is 47.6. The molecule has 0 bridgehead atoms. The van der Waals surface area contributed by atoms with Crippen LogP contribution in [0.4, 0.5) is 0 Å². The molecular weight excluding hydrogens is 933 g/mol. The second kappa shape index (κ2) is 22.8. The molecule has 3 aliphatic heterocycles. The fraction of sp³-hybridized carbons (Fsp3) is 0.222. The van der Waals surface area contributed by atoms with Crippen molar-refractivity contribution in [1.82, 2.24) is 10.0 Å². The molecule has 3 aliphatic rings. The van der Waals surface area contributed by atoms with E-state index in [-0.39, 0.29) is 50.7 Å². The van der Waals surface area contributed by atoms with Crippen LogP contribution >= 0.6 is 47.0 Å². The van der Waals surface area contributed by atoms with Gasteiger partial charge in [0.25, 0.3) is 11.8 Å². The lowest BCUT2D eigenvalue weighted by Crippen LogP contribution is -2.39. The van der Waals surface area contributed by atoms with E-state index < -0.39 is 23.8 Å². The van der Waals surface area contributed by atoms with Crippen molar-refractivity contribution in [2.75, 3.05) is 13.2 Å². The first-order chi connectivity index (χ1) is 33.2. The van der Waals surface area contributed by atoms with Gasteiger partial charge in [0.15, 0.2) is 5.57 Å². The van der Waals surface area contributed by atoms with Gasteiger partial charge in [0.05, 0.1) is 54.4 Å². The number of esters is 2. The van der Waals surface area contributed by atoms with Crippen LogP contribution in [0.25, 0.3) is 12.2 Å². The average Bonchev–Trinajstić information content (AvgIpc) is 4.05. The van der Waals surface area contributed by atoms with Gasteiger partial charge in [-0.15, -0.1) is 0 Å². The highest BCUT2D eigenvalue weighted by molar-refractivity contribution is 8.26. The predicted octanol–water partition coefficient (Wildman–Crippen LogP) is 12.6. The van der Waals surface area contributed by atoms with Crippen molar-refractivity contribution in [2.45, 2.75) is 85.4 Å². The van der Waals surface area contributed by atoms with Gasteiger partial charge in [0.1, 0.15) is 30.3 Å². The molecule has 10 nitrogen and oxygen atoms in total. The zero-order valence-corrected chi connectivity index (χ0v) is 41.1. The van der Waals surface area contributed by atoms with Crippen molar-refractivity contribution in [3.8, 4) is 11.5 Å². The van der Waals surface area contributed by atoms with Gasteiger partial charge in [-0.3, -0.25) is 9.59 Å². The number of carbonyl (C=O) groups excluding carboxylic acids is 4. The van der Waals surface area contributed by atoms with Crippen molar-refractivity contribution in [3.05, 3.63) is 175 Å². The van der Waals surface area contributed by atoms with Gasteiger partial charge in [0, 0.05) is 0 Å². The Morgan fingerprint density at radius 2 is 0.941 bits per heavy atom. The number of nitrogens with zero attached hydrogens (tertiary/aromatic N) is 2. The van der Waals surface area contributed by atoms with Gasteiger partial charge in [-0.2, -0.15) is 0 Å². The van der Waals surface area contributed by atoms with Crippen molar-refractivity contribution in [3.63, 3.8) is 0 Å². The summed E-state index contributed by atoms with van der Waals surface area (Å²) in [4.78, 5) is 59.9. The summed E-state index contributed by atoms with van der Waals surface area (Å²) in [5.74, 6) is -1.44. The summed E-state index contributed by atoms with van der Waals surface area (Å²) in [6, 6.07) is 34.9. The maximum atomic E-state index is 14.8. The summed E-state index contributed by atoms with van der Waals surface area (Å²) in [7, 11) is 0. The molecule has 14 heteroatoms. The molecular formula is C54H50N2O8S4. The van der Waals surface area contributed by atoms with E-state index in [0.717, 1.165) is 46.2 Å². The van der Waals surface area contributed by atoms with Crippen molar-refractivity contribution in [2.24, 2.45) is 0 Å². The number of thioether (sulfide) groups is 4. The summed E-state index contributed by atoms with van der Waals surface area (Å²) < 4.78 is 25.9. The number of fused-ring (bicyclic) bond motifs is 2. The quantitative estimate of drug-likeness (QED) is 0.0243. The van der Waals surface area contributed by atoms with Crippen LogP contribution in [-0.4, -0.2) is 47.0 Å². The van der Waals surface area contributed by atoms with Crippen LogP contribution in [0.15, 0.2) is 162 Å². The SMILES string of the molecule is C=Cc1ccc(COc2c3c(c(OCc4ccc(C=C)cc4)c4c2SC(=C2C(=O)N(Cc5ccccc5)N(Cc5ccccc5)C2=O)S4)SC(=C(C(=O)OCCCC)C(=O)OCCCC)S3)cc1. The molecule has 0 N–H and O–H groups in total. The van der Waals surface area contributed by atoms with Gasteiger partial charge in [-0.1, -0.05) is 208 Å². The molecule has 1 fully saturated rings. The number of benzene rings is 5. The van der Waals surface area contributed by atoms with Gasteiger partial charge < -0.3 is 18.9 Å². The monoisotopic (exact) mass is 982 g/mol. The number of rotatable bonds is 20. The predicted molar refractivity (Wildman–Crippen MR) is 271 cm³/mol. The Bertz CT molecular complexity index is 2590. The topological polar surface area (TPSA) is 112 Å². The van der Waals surface area contributed by atoms with Crippen LogP contribution in [0.3, 0.4) is 0 Å². The van der Waals surface area contributed by atoms with Gasteiger partial charge in [-0.05, 0) is 46.2 Å². The zero-order valence-electron chi connectivity index (χ0n) is 37.8. The normalized spacial score (nSPS) is 13.9. The van der Waals surface area contributed by atoms with E-state index >= 15 is 0 Å². The van der Waals surface area contributed by atoms with Crippen LogP contribution in [0.5, 0.6) is 11.5 Å². The third-order valence-corrected chi connectivity index (χ3v) is 16.2. The number of carbonyl (C=O) groups is 4. The molecule has 348 valence electrons. The minimum atomic E-state index is -0.765. The van der Waals surface area contributed by atoms with E-state index in [1.165, 1.54) is 57.1 Å². The van der Waals surface area contributed by atoms with Crippen molar-refractivity contribution < 1.29 is 38.1 Å². The van der Waals surface area contributed by atoms with Crippen LogP contribution in [0.1, 0.15) is 72.9 Å². The molecule has 0 aromatic heterocycles. The molecule has 68 heavy (non-hydrogen) atoms. The lowest BCUT2D eigenvalue weighted by molar-refractivity contribution is -0.149. The highest BCUT2D eigenvalue weighted by Gasteiger charge is 2.47. The van der Waals surface area contributed by atoms with E-state index in [0.29, 0.717) is 52.4 Å². The number of hydrogen-bond donors (Lipinski definition) is 0. The number of amides is 2. The first kappa shape index (κ1) is 48.4. The van der Waals surface area contributed by atoms with E-state index in [1.54, 1.807) is 12.2 Å². The molecule has 0 saturated carbocycles. The van der Waals surface area contributed by atoms with Crippen molar-refractivity contribution >= 4 is 83.0 Å². The highest BCUT2D eigenvalue weighted by atomic mass is 32.2. The van der Waals surface area contributed by atoms with E-state index in [9.17, 15) is 19.2 Å². The second-order valence-electron chi connectivity index (χ2n) is 15.9. The maximum Gasteiger partial charge on any atom is 0.347 e.